The number of hydrogen-bond donors (Lipinski definition) is 2. The van der Waals surface area contributed by atoms with Crippen LogP contribution in [0.3, 0.4) is 0 Å². The lowest BCUT2D eigenvalue weighted by molar-refractivity contribution is -0.161. The van der Waals surface area contributed by atoms with Crippen LogP contribution in [0.25, 0.3) is 0 Å². The summed E-state index contributed by atoms with van der Waals surface area (Å²) in [6, 6.07) is 0. The van der Waals surface area contributed by atoms with Gasteiger partial charge in [-0.1, -0.05) is 137 Å². The lowest BCUT2D eigenvalue weighted by Gasteiger charge is -2.18. The van der Waals surface area contributed by atoms with Gasteiger partial charge in [0.2, 0.25) is 0 Å². The number of ether oxygens (including phenoxy) is 2. The van der Waals surface area contributed by atoms with E-state index in [1.807, 2.05) is 0 Å². The fraction of sp³-hybridized carbons (Fsp3) is 0.628. The Kier molecular flexibility index (Phi) is 35.9. The SMILES string of the molecule is CC/C=C\C/C=C\C/C=C\CCCCCCCC(=O)OC[C@H](COP(=O)(O)O)OC(=O)CCCCC/C=C\C/C=C\C/C=C\C/C=C\CCCCC. The van der Waals surface area contributed by atoms with Gasteiger partial charge in [0.25, 0.3) is 0 Å². The Bertz CT molecular complexity index is 1110. The van der Waals surface area contributed by atoms with Crippen molar-refractivity contribution in [2.45, 2.75) is 161 Å². The Balaban J connectivity index is 4.07. The van der Waals surface area contributed by atoms with Crippen LogP contribution >= 0.6 is 7.82 Å². The molecule has 9 heteroatoms. The zero-order valence-electron chi connectivity index (χ0n) is 32.4. The molecule has 8 nitrogen and oxygen atoms in total. The molecular formula is C43H71O8P. The van der Waals surface area contributed by atoms with Crippen LogP contribution in [-0.4, -0.2) is 41.0 Å². The molecule has 0 rings (SSSR count). The first-order valence-electron chi connectivity index (χ1n) is 19.9. The summed E-state index contributed by atoms with van der Waals surface area (Å²) in [5.41, 5.74) is 0. The Hall–Kier alpha value is -2.77. The highest BCUT2D eigenvalue weighted by molar-refractivity contribution is 7.46. The van der Waals surface area contributed by atoms with Crippen LogP contribution in [0.4, 0.5) is 0 Å². The first-order chi connectivity index (χ1) is 25.3. The molecule has 0 aromatic rings. The summed E-state index contributed by atoms with van der Waals surface area (Å²) in [5.74, 6) is -0.950. The van der Waals surface area contributed by atoms with Crippen LogP contribution in [0.2, 0.25) is 0 Å². The molecule has 0 bridgehead atoms. The topological polar surface area (TPSA) is 119 Å². The van der Waals surface area contributed by atoms with Crippen molar-refractivity contribution < 1.29 is 37.9 Å². The zero-order chi connectivity index (χ0) is 38.2. The second-order valence-electron chi connectivity index (χ2n) is 12.9. The number of phosphoric acid groups is 1. The summed E-state index contributed by atoms with van der Waals surface area (Å²) >= 11 is 0. The van der Waals surface area contributed by atoms with E-state index >= 15 is 0 Å². The van der Waals surface area contributed by atoms with E-state index in [0.29, 0.717) is 12.8 Å². The van der Waals surface area contributed by atoms with Crippen molar-refractivity contribution in [3.63, 3.8) is 0 Å². The van der Waals surface area contributed by atoms with E-state index in [4.69, 9.17) is 19.3 Å². The van der Waals surface area contributed by atoms with Gasteiger partial charge in [0.1, 0.15) is 6.61 Å². The van der Waals surface area contributed by atoms with Gasteiger partial charge in [-0.3, -0.25) is 14.1 Å². The maximum Gasteiger partial charge on any atom is 0.469 e. The van der Waals surface area contributed by atoms with Crippen molar-refractivity contribution >= 4 is 19.8 Å². The molecule has 0 spiro atoms. The van der Waals surface area contributed by atoms with Crippen LogP contribution < -0.4 is 0 Å². The van der Waals surface area contributed by atoms with Crippen molar-refractivity contribution in [1.29, 1.82) is 0 Å². The predicted molar refractivity (Wildman–Crippen MR) is 216 cm³/mol. The van der Waals surface area contributed by atoms with Crippen LogP contribution in [-0.2, 0) is 28.2 Å². The Labute approximate surface area is 316 Å². The molecule has 0 heterocycles. The van der Waals surface area contributed by atoms with E-state index in [-0.39, 0.29) is 19.4 Å². The fourth-order valence-corrected chi connectivity index (χ4v) is 5.32. The number of rotatable bonds is 35. The number of phosphoric ester groups is 1. The molecule has 0 amide bonds. The summed E-state index contributed by atoms with van der Waals surface area (Å²) in [5, 5.41) is 0. The molecular weight excluding hydrogens is 675 g/mol. The molecule has 1 atom stereocenters. The maximum atomic E-state index is 12.4. The fourth-order valence-electron chi connectivity index (χ4n) is 4.96. The van der Waals surface area contributed by atoms with Gasteiger partial charge in [-0.25, -0.2) is 4.57 Å². The van der Waals surface area contributed by atoms with Gasteiger partial charge in [0, 0.05) is 12.8 Å². The van der Waals surface area contributed by atoms with Gasteiger partial charge >= 0.3 is 19.8 Å². The first-order valence-corrected chi connectivity index (χ1v) is 21.4. The van der Waals surface area contributed by atoms with Crippen LogP contribution in [0.1, 0.15) is 155 Å². The largest absolute Gasteiger partial charge is 0.469 e. The van der Waals surface area contributed by atoms with Crippen LogP contribution in [0, 0.1) is 0 Å². The highest BCUT2D eigenvalue weighted by Crippen LogP contribution is 2.36. The van der Waals surface area contributed by atoms with Gasteiger partial charge in [0.05, 0.1) is 6.61 Å². The summed E-state index contributed by atoms with van der Waals surface area (Å²) in [6.07, 6.45) is 50.1. The molecule has 2 N–H and O–H groups in total. The normalized spacial score (nSPS) is 13.4. The van der Waals surface area contributed by atoms with Gasteiger partial charge in [0.15, 0.2) is 6.10 Å². The molecule has 0 saturated carbocycles. The molecule has 296 valence electrons. The number of allylic oxidation sites excluding steroid dienone is 14. The molecule has 0 unspecified atom stereocenters. The molecule has 0 saturated heterocycles. The third-order valence-corrected chi connectivity index (χ3v) is 8.38. The third-order valence-electron chi connectivity index (χ3n) is 7.90. The van der Waals surface area contributed by atoms with Crippen molar-refractivity contribution in [2.75, 3.05) is 13.2 Å². The number of carbonyl (C=O) groups is 2. The second kappa shape index (κ2) is 38.0. The number of unbranched alkanes of at least 4 members (excludes halogenated alkanes) is 11. The minimum Gasteiger partial charge on any atom is -0.462 e. The maximum absolute atomic E-state index is 12.4. The molecule has 0 aliphatic rings. The van der Waals surface area contributed by atoms with E-state index in [1.165, 1.54) is 25.7 Å². The van der Waals surface area contributed by atoms with E-state index in [9.17, 15) is 14.2 Å². The van der Waals surface area contributed by atoms with Crippen molar-refractivity contribution in [3.05, 3.63) is 85.1 Å². The van der Waals surface area contributed by atoms with Crippen molar-refractivity contribution in [3.8, 4) is 0 Å². The lowest BCUT2D eigenvalue weighted by Crippen LogP contribution is -2.29. The van der Waals surface area contributed by atoms with E-state index < -0.39 is 32.5 Å². The number of hydrogen-bond acceptors (Lipinski definition) is 6. The van der Waals surface area contributed by atoms with E-state index in [2.05, 4.69) is 103 Å². The molecule has 0 aliphatic heterocycles. The molecule has 0 radical (unpaired) electrons. The Morgan fingerprint density at radius 2 is 0.923 bits per heavy atom. The number of esters is 2. The molecule has 0 fully saturated rings. The lowest BCUT2D eigenvalue weighted by atomic mass is 10.1. The van der Waals surface area contributed by atoms with Gasteiger partial charge < -0.3 is 19.3 Å². The average molecular weight is 747 g/mol. The summed E-state index contributed by atoms with van der Waals surface area (Å²) in [7, 11) is -4.77. The van der Waals surface area contributed by atoms with Crippen molar-refractivity contribution in [2.24, 2.45) is 0 Å². The monoisotopic (exact) mass is 746 g/mol. The van der Waals surface area contributed by atoms with Crippen molar-refractivity contribution in [1.82, 2.24) is 0 Å². The van der Waals surface area contributed by atoms with Gasteiger partial charge in [-0.05, 0) is 89.9 Å². The average Bonchev–Trinajstić information content (AvgIpc) is 3.11. The quantitative estimate of drug-likeness (QED) is 0.0285. The Morgan fingerprint density at radius 3 is 1.40 bits per heavy atom. The number of carbonyl (C=O) groups excluding carboxylic acids is 2. The van der Waals surface area contributed by atoms with Gasteiger partial charge in [-0.2, -0.15) is 0 Å². The predicted octanol–water partition coefficient (Wildman–Crippen LogP) is 12.1. The smallest absolute Gasteiger partial charge is 0.462 e. The zero-order valence-corrected chi connectivity index (χ0v) is 33.3. The summed E-state index contributed by atoms with van der Waals surface area (Å²) < 4.78 is 26.3. The summed E-state index contributed by atoms with van der Waals surface area (Å²) in [4.78, 5) is 42.8. The molecule has 0 aromatic carbocycles. The van der Waals surface area contributed by atoms with Gasteiger partial charge in [-0.15, -0.1) is 0 Å². The highest BCUT2D eigenvalue weighted by Gasteiger charge is 2.22. The minimum atomic E-state index is -4.77. The Morgan fingerprint density at radius 1 is 0.519 bits per heavy atom. The second-order valence-corrected chi connectivity index (χ2v) is 14.1. The first kappa shape index (κ1) is 49.2. The molecule has 52 heavy (non-hydrogen) atoms. The van der Waals surface area contributed by atoms with E-state index in [0.717, 1.165) is 89.9 Å². The van der Waals surface area contributed by atoms with Crippen LogP contribution in [0.5, 0.6) is 0 Å². The molecule has 0 aromatic heterocycles. The standard InChI is InChI=1S/C43H71O8P/c1-3-5-7-9-11-13-15-17-19-20-21-22-24-26-28-30-32-34-36-38-43(45)51-41(40-50-52(46,47)48)39-49-42(44)37-35-33-31-29-27-25-23-18-16-14-12-10-8-6-4-2/h6,8,11-14,17-19,21-23,26,28,41H,3-5,7,9-10,15-16,20,24-25,27,29-40H2,1-2H3,(H2,46,47,48)/b8-6-,13-11-,14-12-,19-17-,22-21-,23-18-,28-26-/t41-/m1/s1. The highest BCUT2D eigenvalue weighted by atomic mass is 31.2. The third kappa shape index (κ3) is 40.0. The minimum absolute atomic E-state index is 0.165. The van der Waals surface area contributed by atoms with E-state index in [1.54, 1.807) is 0 Å². The molecule has 0 aliphatic carbocycles. The van der Waals surface area contributed by atoms with Crippen LogP contribution in [0.15, 0.2) is 85.1 Å². The summed E-state index contributed by atoms with van der Waals surface area (Å²) in [6.45, 7) is 3.48.